The third-order valence-corrected chi connectivity index (χ3v) is 6.25. The zero-order valence-electron chi connectivity index (χ0n) is 22.2. The molecule has 2 amide bonds. The van der Waals surface area contributed by atoms with Crippen LogP contribution in [0.25, 0.3) is 0 Å². The molecule has 1 aromatic heterocycles. The number of ether oxygens (including phenoxy) is 2. The second-order valence-corrected chi connectivity index (χ2v) is 9.01. The molecule has 12 nitrogen and oxygen atoms in total. The Morgan fingerprint density at radius 2 is 1.75 bits per heavy atom. The summed E-state index contributed by atoms with van der Waals surface area (Å²) in [6.07, 6.45) is 4.19. The van der Waals surface area contributed by atoms with E-state index < -0.39 is 12.1 Å². The molecule has 12 heteroatoms. The Morgan fingerprint density at radius 3 is 2.48 bits per heavy atom. The minimum atomic E-state index is -0.890. The molecule has 0 unspecified atom stereocenters. The van der Waals surface area contributed by atoms with Crippen molar-refractivity contribution in [2.45, 2.75) is 31.9 Å². The number of amides is 2. The molecular formula is C28H32N6O6. The summed E-state index contributed by atoms with van der Waals surface area (Å²) < 4.78 is 10.5. The summed E-state index contributed by atoms with van der Waals surface area (Å²) >= 11 is 0. The van der Waals surface area contributed by atoms with Gasteiger partial charge in [0.25, 0.3) is 5.91 Å². The van der Waals surface area contributed by atoms with Crippen molar-refractivity contribution in [1.29, 1.82) is 0 Å². The van der Waals surface area contributed by atoms with Crippen molar-refractivity contribution in [3.8, 4) is 5.75 Å². The molecule has 40 heavy (non-hydrogen) atoms. The normalized spacial score (nSPS) is 13.2. The first kappa shape index (κ1) is 28.1. The SMILES string of the molecule is COc1cc(C(=O)NCCC(=O)ONC(=O)OCc2ccccc2)ccc1N1CCC(Nc2ncccn2)CC1. The largest absolute Gasteiger partial charge is 0.495 e. The summed E-state index contributed by atoms with van der Waals surface area (Å²) in [6, 6.07) is 16.4. The van der Waals surface area contributed by atoms with E-state index in [4.69, 9.17) is 9.47 Å². The predicted octanol–water partition coefficient (Wildman–Crippen LogP) is 3.07. The third-order valence-electron chi connectivity index (χ3n) is 6.25. The van der Waals surface area contributed by atoms with E-state index >= 15 is 0 Å². The fourth-order valence-corrected chi connectivity index (χ4v) is 4.18. The number of rotatable bonds is 10. The van der Waals surface area contributed by atoms with Crippen LogP contribution in [0.2, 0.25) is 0 Å². The smallest absolute Gasteiger partial charge is 0.441 e. The average Bonchev–Trinajstić information content (AvgIpc) is 3.00. The van der Waals surface area contributed by atoms with Crippen LogP contribution in [0, 0.1) is 0 Å². The molecule has 0 radical (unpaired) electrons. The van der Waals surface area contributed by atoms with Crippen molar-refractivity contribution in [2.24, 2.45) is 0 Å². The highest BCUT2D eigenvalue weighted by Crippen LogP contribution is 2.31. The van der Waals surface area contributed by atoms with Crippen molar-refractivity contribution < 1.29 is 28.7 Å². The minimum Gasteiger partial charge on any atom is -0.495 e. The van der Waals surface area contributed by atoms with Gasteiger partial charge in [-0.25, -0.2) is 19.6 Å². The second kappa shape index (κ2) is 14.3. The number of hydroxylamine groups is 1. The number of aromatic nitrogens is 2. The average molecular weight is 549 g/mol. The summed E-state index contributed by atoms with van der Waals surface area (Å²) in [7, 11) is 1.56. The highest BCUT2D eigenvalue weighted by atomic mass is 16.7. The number of nitrogens with zero attached hydrogens (tertiary/aromatic N) is 3. The quantitative estimate of drug-likeness (QED) is 0.323. The molecule has 0 atom stereocenters. The Hall–Kier alpha value is -4.87. The Kier molecular flexibility index (Phi) is 10.1. The standard InChI is InChI=1S/C28H32N6O6/c1-38-24-18-21(8-9-23(24)34-16-11-22(12-17-34)32-27-30-13-5-14-31-27)26(36)29-15-10-25(35)40-33-28(37)39-19-20-6-3-2-4-7-20/h2-9,13-14,18,22H,10-12,15-17,19H2,1H3,(H,29,36)(H,33,37)(H,30,31,32). The number of piperidine rings is 1. The van der Waals surface area contributed by atoms with Gasteiger partial charge < -0.3 is 29.8 Å². The molecule has 2 aromatic carbocycles. The van der Waals surface area contributed by atoms with Crippen LogP contribution in [-0.2, 0) is 21.0 Å². The number of hydrogen-bond acceptors (Lipinski definition) is 10. The van der Waals surface area contributed by atoms with Crippen molar-refractivity contribution in [3.63, 3.8) is 0 Å². The molecule has 3 aromatic rings. The van der Waals surface area contributed by atoms with Crippen molar-refractivity contribution in [3.05, 3.63) is 78.1 Å². The minimum absolute atomic E-state index is 0.0219. The zero-order valence-corrected chi connectivity index (χ0v) is 22.2. The molecule has 0 spiro atoms. The lowest BCUT2D eigenvalue weighted by Gasteiger charge is -2.34. The highest BCUT2D eigenvalue weighted by Gasteiger charge is 2.23. The molecule has 0 bridgehead atoms. The van der Waals surface area contributed by atoms with Crippen molar-refractivity contribution in [2.75, 3.05) is 37.0 Å². The molecule has 1 aliphatic heterocycles. The molecule has 3 N–H and O–H groups in total. The molecule has 0 saturated carbocycles. The number of hydrogen-bond donors (Lipinski definition) is 3. The van der Waals surface area contributed by atoms with Crippen LogP contribution in [0.5, 0.6) is 5.75 Å². The Morgan fingerprint density at radius 1 is 1.00 bits per heavy atom. The monoisotopic (exact) mass is 548 g/mol. The van der Waals surface area contributed by atoms with E-state index in [2.05, 4.69) is 30.3 Å². The van der Waals surface area contributed by atoms with Gasteiger partial charge in [0.05, 0.1) is 19.2 Å². The lowest BCUT2D eigenvalue weighted by atomic mass is 10.0. The van der Waals surface area contributed by atoms with E-state index in [-0.39, 0.29) is 31.5 Å². The number of carbonyl (C=O) groups is 3. The maximum absolute atomic E-state index is 12.6. The first-order chi connectivity index (χ1) is 19.5. The summed E-state index contributed by atoms with van der Waals surface area (Å²) in [6.45, 7) is 1.68. The fourth-order valence-electron chi connectivity index (χ4n) is 4.18. The summed E-state index contributed by atoms with van der Waals surface area (Å²) in [5.41, 5.74) is 4.04. The van der Waals surface area contributed by atoms with E-state index in [0.717, 1.165) is 37.2 Å². The van der Waals surface area contributed by atoms with Gasteiger partial charge in [0.1, 0.15) is 12.4 Å². The first-order valence-corrected chi connectivity index (χ1v) is 12.9. The van der Waals surface area contributed by atoms with Gasteiger partial charge in [0.15, 0.2) is 0 Å². The maximum atomic E-state index is 12.6. The summed E-state index contributed by atoms with van der Waals surface area (Å²) in [4.78, 5) is 51.6. The molecule has 1 saturated heterocycles. The molecular weight excluding hydrogens is 516 g/mol. The Labute approximate surface area is 232 Å². The number of anilines is 2. The van der Waals surface area contributed by atoms with Gasteiger partial charge in [-0.3, -0.25) is 4.79 Å². The van der Waals surface area contributed by atoms with E-state index in [1.165, 1.54) is 0 Å². The number of carbonyl (C=O) groups excluding carboxylic acids is 3. The molecule has 210 valence electrons. The van der Waals surface area contributed by atoms with E-state index in [0.29, 0.717) is 17.3 Å². The van der Waals surface area contributed by atoms with Gasteiger partial charge in [-0.15, -0.1) is 5.48 Å². The Balaban J connectivity index is 1.18. The van der Waals surface area contributed by atoms with Gasteiger partial charge in [0, 0.05) is 43.6 Å². The summed E-state index contributed by atoms with van der Waals surface area (Å²) in [5, 5.41) is 6.04. The van der Waals surface area contributed by atoms with Crippen LogP contribution < -0.4 is 25.8 Å². The van der Waals surface area contributed by atoms with E-state index in [1.807, 2.05) is 29.7 Å². The van der Waals surface area contributed by atoms with Gasteiger partial charge >= 0.3 is 12.1 Å². The third kappa shape index (κ3) is 8.32. The van der Waals surface area contributed by atoms with Gasteiger partial charge in [-0.05, 0) is 42.7 Å². The predicted molar refractivity (Wildman–Crippen MR) is 147 cm³/mol. The summed E-state index contributed by atoms with van der Waals surface area (Å²) in [5.74, 6) is 0.128. The number of nitrogens with one attached hydrogen (secondary N) is 3. The lowest BCUT2D eigenvalue weighted by Crippen LogP contribution is -2.39. The van der Waals surface area contributed by atoms with Gasteiger partial charge in [0.2, 0.25) is 5.95 Å². The molecule has 1 fully saturated rings. The number of methoxy groups -OCH3 is 1. The second-order valence-electron chi connectivity index (χ2n) is 9.01. The Bertz CT molecular complexity index is 1270. The van der Waals surface area contributed by atoms with Gasteiger partial charge in [-0.2, -0.15) is 0 Å². The highest BCUT2D eigenvalue weighted by molar-refractivity contribution is 5.95. The van der Waals surface area contributed by atoms with Crippen LogP contribution in [-0.4, -0.2) is 60.7 Å². The van der Waals surface area contributed by atoms with Crippen LogP contribution in [0.1, 0.15) is 35.2 Å². The molecule has 2 heterocycles. The first-order valence-electron chi connectivity index (χ1n) is 12.9. The van der Waals surface area contributed by atoms with Crippen molar-refractivity contribution in [1.82, 2.24) is 20.8 Å². The van der Waals surface area contributed by atoms with Crippen LogP contribution in [0.15, 0.2) is 67.0 Å². The van der Waals surface area contributed by atoms with Crippen LogP contribution >= 0.6 is 0 Å². The molecule has 0 aliphatic carbocycles. The lowest BCUT2D eigenvalue weighted by molar-refractivity contribution is -0.149. The van der Waals surface area contributed by atoms with Crippen LogP contribution in [0.4, 0.5) is 16.4 Å². The van der Waals surface area contributed by atoms with Gasteiger partial charge in [-0.1, -0.05) is 30.3 Å². The zero-order chi connectivity index (χ0) is 28.2. The number of benzene rings is 2. The molecule has 1 aliphatic rings. The molecule has 4 rings (SSSR count). The fraction of sp³-hybridized carbons (Fsp3) is 0.321. The topological polar surface area (TPSA) is 144 Å². The van der Waals surface area contributed by atoms with Crippen LogP contribution in [0.3, 0.4) is 0 Å². The van der Waals surface area contributed by atoms with E-state index in [9.17, 15) is 14.4 Å². The van der Waals surface area contributed by atoms with Crippen molar-refractivity contribution >= 4 is 29.6 Å². The maximum Gasteiger partial charge on any atom is 0.441 e. The van der Waals surface area contributed by atoms with E-state index in [1.54, 1.807) is 49.8 Å².